The number of carbonyl (C=O) groups excluding carboxylic acids is 2. The molecule has 1 rings (SSSR count). The van der Waals surface area contributed by atoms with Gasteiger partial charge in [-0.25, -0.2) is 0 Å². The van der Waals surface area contributed by atoms with E-state index in [1.54, 1.807) is 4.90 Å². The van der Waals surface area contributed by atoms with Crippen LogP contribution in [-0.2, 0) is 9.59 Å². The fraction of sp³-hybridized carbons (Fsp3) is 0.529. The van der Waals surface area contributed by atoms with E-state index in [0.717, 1.165) is 29.8 Å². The molecule has 1 aromatic carbocycles. The first-order chi connectivity index (χ1) is 10.5. The zero-order valence-corrected chi connectivity index (χ0v) is 15.3. The highest BCUT2D eigenvalue weighted by atomic mass is 35.5. The molecule has 0 radical (unpaired) electrons. The van der Waals surface area contributed by atoms with Crippen LogP contribution in [0.4, 0.5) is 5.69 Å². The molecule has 0 aromatic heterocycles. The second kappa shape index (κ2) is 11.0. The lowest BCUT2D eigenvalue weighted by Crippen LogP contribution is -2.38. The second-order valence-electron chi connectivity index (χ2n) is 5.43. The minimum atomic E-state index is -0.152. The van der Waals surface area contributed by atoms with E-state index in [1.165, 1.54) is 0 Å². The Morgan fingerprint density at radius 2 is 1.78 bits per heavy atom. The van der Waals surface area contributed by atoms with Gasteiger partial charge in [-0.05, 0) is 51.9 Å². The Hall–Kier alpha value is -1.59. The number of benzene rings is 1. The largest absolute Gasteiger partial charge is 0.334 e. The first-order valence-electron chi connectivity index (χ1n) is 7.78. The number of hydrogen-bond acceptors (Lipinski definition) is 3. The predicted molar refractivity (Wildman–Crippen MR) is 97.2 cm³/mol. The number of hydrogen-bond donors (Lipinski definition) is 2. The number of nitrogens with one attached hydrogen (secondary N) is 2. The molecule has 2 N–H and O–H groups in total. The zero-order chi connectivity index (χ0) is 16.5. The third kappa shape index (κ3) is 7.01. The van der Waals surface area contributed by atoms with E-state index in [9.17, 15) is 9.59 Å². The van der Waals surface area contributed by atoms with E-state index in [-0.39, 0.29) is 30.8 Å². The summed E-state index contributed by atoms with van der Waals surface area (Å²) in [7, 11) is 1.86. The standard InChI is InChI=1S/C17H27N3O2.ClH/c1-5-20(16(22)10-7-11-18-4)12-15(21)19-17-13(2)8-6-9-14(17)3;/h6,8-9,18H,5,7,10-12H2,1-4H3,(H,19,21);1H. The molecule has 0 atom stereocenters. The van der Waals surface area contributed by atoms with E-state index >= 15 is 0 Å². The van der Waals surface area contributed by atoms with Crippen molar-refractivity contribution in [3.63, 3.8) is 0 Å². The summed E-state index contributed by atoms with van der Waals surface area (Å²) in [5.41, 5.74) is 2.89. The summed E-state index contributed by atoms with van der Waals surface area (Å²) in [5.74, 6) is -0.129. The van der Waals surface area contributed by atoms with Crippen LogP contribution in [0.1, 0.15) is 30.9 Å². The molecule has 23 heavy (non-hydrogen) atoms. The molecule has 0 aliphatic carbocycles. The van der Waals surface area contributed by atoms with Crippen molar-refractivity contribution in [2.75, 3.05) is 32.0 Å². The van der Waals surface area contributed by atoms with E-state index in [2.05, 4.69) is 10.6 Å². The summed E-state index contributed by atoms with van der Waals surface area (Å²) in [6.07, 6.45) is 1.25. The molecule has 0 aliphatic rings. The Labute approximate surface area is 145 Å². The van der Waals surface area contributed by atoms with Crippen molar-refractivity contribution in [1.82, 2.24) is 10.2 Å². The van der Waals surface area contributed by atoms with Crippen molar-refractivity contribution in [2.45, 2.75) is 33.6 Å². The Bertz CT molecular complexity index is 500. The number of anilines is 1. The van der Waals surface area contributed by atoms with Crippen molar-refractivity contribution < 1.29 is 9.59 Å². The van der Waals surface area contributed by atoms with Gasteiger partial charge < -0.3 is 15.5 Å². The number of likely N-dealkylation sites (N-methyl/N-ethyl adjacent to an activating group) is 1. The van der Waals surface area contributed by atoms with Crippen molar-refractivity contribution in [1.29, 1.82) is 0 Å². The number of nitrogens with zero attached hydrogens (tertiary/aromatic N) is 1. The van der Waals surface area contributed by atoms with Gasteiger partial charge in [0.1, 0.15) is 0 Å². The van der Waals surface area contributed by atoms with Gasteiger partial charge >= 0.3 is 0 Å². The maximum Gasteiger partial charge on any atom is 0.244 e. The summed E-state index contributed by atoms with van der Waals surface area (Å²) in [6, 6.07) is 5.89. The first kappa shape index (κ1) is 21.4. The van der Waals surface area contributed by atoms with Crippen LogP contribution in [-0.4, -0.2) is 43.4 Å². The van der Waals surface area contributed by atoms with Crippen molar-refractivity contribution in [3.05, 3.63) is 29.3 Å². The maximum atomic E-state index is 12.2. The number of carbonyl (C=O) groups is 2. The third-order valence-electron chi connectivity index (χ3n) is 3.63. The van der Waals surface area contributed by atoms with Crippen LogP contribution in [0.3, 0.4) is 0 Å². The van der Waals surface area contributed by atoms with Crippen molar-refractivity contribution >= 4 is 29.9 Å². The smallest absolute Gasteiger partial charge is 0.244 e. The molecule has 6 heteroatoms. The van der Waals surface area contributed by atoms with Gasteiger partial charge in [-0.3, -0.25) is 9.59 Å². The summed E-state index contributed by atoms with van der Waals surface area (Å²) in [6.45, 7) is 7.26. The molecule has 5 nitrogen and oxygen atoms in total. The fourth-order valence-corrected chi connectivity index (χ4v) is 2.31. The van der Waals surface area contributed by atoms with Crippen molar-refractivity contribution in [3.8, 4) is 0 Å². The highest BCUT2D eigenvalue weighted by Gasteiger charge is 2.16. The average molecular weight is 342 g/mol. The van der Waals surface area contributed by atoms with Crippen LogP contribution in [0.25, 0.3) is 0 Å². The van der Waals surface area contributed by atoms with Crippen molar-refractivity contribution in [2.24, 2.45) is 0 Å². The molecular formula is C17H28ClN3O2. The van der Waals surface area contributed by atoms with Crippen LogP contribution in [0, 0.1) is 13.8 Å². The zero-order valence-electron chi connectivity index (χ0n) is 14.4. The SMILES string of the molecule is CCN(CC(=O)Nc1c(C)cccc1C)C(=O)CCCNC.Cl. The monoisotopic (exact) mass is 341 g/mol. The number of halogens is 1. The van der Waals surface area contributed by atoms with Crippen LogP contribution >= 0.6 is 12.4 Å². The van der Waals surface area contributed by atoms with E-state index in [4.69, 9.17) is 0 Å². The summed E-state index contributed by atoms with van der Waals surface area (Å²) in [4.78, 5) is 25.9. The summed E-state index contributed by atoms with van der Waals surface area (Å²) < 4.78 is 0. The molecule has 2 amide bonds. The summed E-state index contributed by atoms with van der Waals surface area (Å²) in [5, 5.41) is 5.94. The lowest BCUT2D eigenvalue weighted by atomic mass is 10.1. The molecule has 0 bridgehead atoms. The normalized spacial score (nSPS) is 9.91. The Kier molecular flexibility index (Phi) is 10.3. The van der Waals surface area contributed by atoms with E-state index in [0.29, 0.717) is 13.0 Å². The molecule has 0 unspecified atom stereocenters. The van der Waals surface area contributed by atoms with E-state index in [1.807, 2.05) is 46.0 Å². The van der Waals surface area contributed by atoms with E-state index < -0.39 is 0 Å². The van der Waals surface area contributed by atoms with Gasteiger partial charge in [0.15, 0.2) is 0 Å². The molecule has 1 aromatic rings. The van der Waals surface area contributed by atoms with Gasteiger partial charge in [-0.1, -0.05) is 18.2 Å². The Balaban J connectivity index is 0.00000484. The molecule has 130 valence electrons. The van der Waals surface area contributed by atoms with Gasteiger partial charge in [0.25, 0.3) is 0 Å². The molecule has 0 saturated carbocycles. The minimum absolute atomic E-state index is 0. The Morgan fingerprint density at radius 1 is 1.17 bits per heavy atom. The first-order valence-corrected chi connectivity index (χ1v) is 7.78. The quantitative estimate of drug-likeness (QED) is 0.714. The number of rotatable bonds is 8. The van der Waals surface area contributed by atoms with Gasteiger partial charge in [-0.2, -0.15) is 0 Å². The minimum Gasteiger partial charge on any atom is -0.334 e. The molecule has 0 saturated heterocycles. The highest BCUT2D eigenvalue weighted by Crippen LogP contribution is 2.19. The molecule has 0 aliphatic heterocycles. The van der Waals surface area contributed by atoms with Gasteiger partial charge in [0, 0.05) is 18.7 Å². The van der Waals surface area contributed by atoms with Crippen LogP contribution in [0.5, 0.6) is 0 Å². The van der Waals surface area contributed by atoms with Crippen LogP contribution < -0.4 is 10.6 Å². The van der Waals surface area contributed by atoms with Crippen LogP contribution in [0.15, 0.2) is 18.2 Å². The summed E-state index contributed by atoms with van der Waals surface area (Å²) >= 11 is 0. The number of para-hydroxylation sites is 1. The highest BCUT2D eigenvalue weighted by molar-refractivity contribution is 5.95. The molecule has 0 heterocycles. The number of aryl methyl sites for hydroxylation is 2. The average Bonchev–Trinajstić information content (AvgIpc) is 2.48. The van der Waals surface area contributed by atoms with Gasteiger partial charge in [0.2, 0.25) is 11.8 Å². The number of amides is 2. The fourth-order valence-electron chi connectivity index (χ4n) is 2.31. The molecule has 0 fully saturated rings. The van der Waals surface area contributed by atoms with Crippen LogP contribution in [0.2, 0.25) is 0 Å². The lowest BCUT2D eigenvalue weighted by Gasteiger charge is -2.21. The second-order valence-corrected chi connectivity index (χ2v) is 5.43. The maximum absolute atomic E-state index is 12.2. The molecular weight excluding hydrogens is 314 g/mol. The molecule has 0 spiro atoms. The topological polar surface area (TPSA) is 61.4 Å². The lowest BCUT2D eigenvalue weighted by molar-refractivity contribution is -0.134. The Morgan fingerprint density at radius 3 is 2.30 bits per heavy atom. The van der Waals surface area contributed by atoms with Gasteiger partial charge in [-0.15, -0.1) is 12.4 Å². The third-order valence-corrected chi connectivity index (χ3v) is 3.63. The van der Waals surface area contributed by atoms with Gasteiger partial charge in [0.05, 0.1) is 6.54 Å². The predicted octanol–water partition coefficient (Wildman–Crippen LogP) is 2.51.